The number of aliphatic hydroxyl groups is 1. The quantitative estimate of drug-likeness (QED) is 0.542. The van der Waals surface area contributed by atoms with Gasteiger partial charge in [-0.2, -0.15) is 0 Å². The van der Waals surface area contributed by atoms with E-state index in [2.05, 4.69) is 9.97 Å². The number of benzene rings is 2. The van der Waals surface area contributed by atoms with Gasteiger partial charge in [-0.3, -0.25) is 4.79 Å². The number of H-pyrrole nitrogens is 1. The molecule has 5 heteroatoms. The number of fused-ring (bicyclic) bond motifs is 1. The average molecular weight is 296 g/mol. The molecule has 3 aromatic rings. The summed E-state index contributed by atoms with van der Waals surface area (Å²) in [4.78, 5) is 18.5. The van der Waals surface area contributed by atoms with Gasteiger partial charge >= 0.3 is 0 Å². The molecule has 2 N–H and O–H groups in total. The van der Waals surface area contributed by atoms with Crippen molar-refractivity contribution in [2.45, 2.75) is 6.42 Å². The molecule has 1 heterocycles. The van der Waals surface area contributed by atoms with Gasteiger partial charge in [-0.1, -0.05) is 24.3 Å². The Bertz CT molecular complexity index is 778. The molecule has 1 aromatic heterocycles. The predicted octanol–water partition coefficient (Wildman–Crippen LogP) is 2.80. The smallest absolute Gasteiger partial charge is 0.150 e. The van der Waals surface area contributed by atoms with Crippen LogP contribution in [0.2, 0.25) is 0 Å². The fourth-order valence-corrected chi connectivity index (χ4v) is 2.19. The van der Waals surface area contributed by atoms with E-state index in [0.717, 1.165) is 34.5 Å². The van der Waals surface area contributed by atoms with Gasteiger partial charge in [0.1, 0.15) is 17.9 Å². The molecule has 0 saturated carbocycles. The monoisotopic (exact) mass is 296 g/mol. The molecule has 0 unspecified atom stereocenters. The molecule has 0 aliphatic rings. The van der Waals surface area contributed by atoms with Crippen molar-refractivity contribution in [3.63, 3.8) is 0 Å². The Morgan fingerprint density at radius 3 is 2.73 bits per heavy atom. The molecule has 112 valence electrons. The second kappa shape index (κ2) is 6.41. The highest BCUT2D eigenvalue weighted by molar-refractivity contribution is 5.81. The van der Waals surface area contributed by atoms with Gasteiger partial charge in [0.15, 0.2) is 0 Å². The minimum atomic E-state index is 0.117. The molecule has 0 aliphatic heterocycles. The normalized spacial score (nSPS) is 10.8. The van der Waals surface area contributed by atoms with Gasteiger partial charge in [0.2, 0.25) is 0 Å². The van der Waals surface area contributed by atoms with Gasteiger partial charge in [0.25, 0.3) is 0 Å². The lowest BCUT2D eigenvalue weighted by Crippen LogP contribution is -1.99. The fraction of sp³-hybridized carbons (Fsp3) is 0.176. The molecule has 0 radical (unpaired) electrons. The lowest BCUT2D eigenvalue weighted by atomic mass is 10.1. The molecule has 0 atom stereocenters. The SMILES string of the molecule is O=Cc1ccc(-c2nc3cc(OCCCO)ccc3[nH]2)cc1. The number of carbonyl (C=O) groups excluding carboxylic acids is 1. The molecule has 2 aromatic carbocycles. The number of hydrogen-bond donors (Lipinski definition) is 2. The van der Waals surface area contributed by atoms with E-state index < -0.39 is 0 Å². The number of aldehydes is 1. The molecule has 22 heavy (non-hydrogen) atoms. The molecular formula is C17H16N2O3. The van der Waals surface area contributed by atoms with E-state index in [1.54, 1.807) is 12.1 Å². The van der Waals surface area contributed by atoms with E-state index in [-0.39, 0.29) is 6.61 Å². The Morgan fingerprint density at radius 1 is 1.18 bits per heavy atom. The Balaban J connectivity index is 1.86. The zero-order valence-electron chi connectivity index (χ0n) is 12.0. The second-order valence-electron chi connectivity index (χ2n) is 4.93. The zero-order chi connectivity index (χ0) is 15.4. The van der Waals surface area contributed by atoms with Gasteiger partial charge in [0, 0.05) is 30.2 Å². The van der Waals surface area contributed by atoms with Crippen LogP contribution in [-0.2, 0) is 0 Å². The summed E-state index contributed by atoms with van der Waals surface area (Å²) in [7, 11) is 0. The number of ether oxygens (including phenoxy) is 1. The van der Waals surface area contributed by atoms with E-state index in [0.29, 0.717) is 18.6 Å². The summed E-state index contributed by atoms with van der Waals surface area (Å²) in [5.41, 5.74) is 3.30. The number of hydrogen-bond acceptors (Lipinski definition) is 4. The van der Waals surface area contributed by atoms with Crippen molar-refractivity contribution in [2.24, 2.45) is 0 Å². The number of nitrogens with one attached hydrogen (secondary N) is 1. The van der Waals surface area contributed by atoms with Gasteiger partial charge in [-0.15, -0.1) is 0 Å². The topological polar surface area (TPSA) is 75.2 Å². The highest BCUT2D eigenvalue weighted by Crippen LogP contribution is 2.24. The van der Waals surface area contributed by atoms with Crippen LogP contribution in [-0.4, -0.2) is 34.6 Å². The van der Waals surface area contributed by atoms with Crippen molar-refractivity contribution in [1.82, 2.24) is 9.97 Å². The number of aromatic nitrogens is 2. The fourth-order valence-electron chi connectivity index (χ4n) is 2.19. The van der Waals surface area contributed by atoms with E-state index >= 15 is 0 Å². The number of nitrogens with zero attached hydrogens (tertiary/aromatic N) is 1. The molecule has 3 rings (SSSR count). The molecule has 0 fully saturated rings. The standard InChI is InChI=1S/C17H16N2O3/c20-8-1-9-22-14-6-7-15-16(10-14)19-17(18-15)13-4-2-12(11-21)3-5-13/h2-7,10-11,20H,1,8-9H2,(H,18,19). The van der Waals surface area contributed by atoms with Crippen molar-refractivity contribution in [3.8, 4) is 17.1 Å². The molecular weight excluding hydrogens is 280 g/mol. The zero-order valence-corrected chi connectivity index (χ0v) is 12.0. The summed E-state index contributed by atoms with van der Waals surface area (Å²) < 4.78 is 5.55. The van der Waals surface area contributed by atoms with E-state index in [1.807, 2.05) is 30.3 Å². The highest BCUT2D eigenvalue weighted by atomic mass is 16.5. The van der Waals surface area contributed by atoms with Crippen LogP contribution in [0.4, 0.5) is 0 Å². The summed E-state index contributed by atoms with van der Waals surface area (Å²) in [6, 6.07) is 12.9. The minimum Gasteiger partial charge on any atom is -0.493 e. The van der Waals surface area contributed by atoms with Crippen LogP contribution < -0.4 is 4.74 Å². The van der Waals surface area contributed by atoms with Crippen LogP contribution in [0.5, 0.6) is 5.75 Å². The molecule has 0 aliphatic carbocycles. The lowest BCUT2D eigenvalue weighted by molar-refractivity contribution is 0.112. The molecule has 0 spiro atoms. The second-order valence-corrected chi connectivity index (χ2v) is 4.93. The van der Waals surface area contributed by atoms with E-state index in [4.69, 9.17) is 9.84 Å². The maximum Gasteiger partial charge on any atom is 0.150 e. The lowest BCUT2D eigenvalue weighted by Gasteiger charge is -2.03. The summed E-state index contributed by atoms with van der Waals surface area (Å²) >= 11 is 0. The Kier molecular flexibility index (Phi) is 4.16. The van der Waals surface area contributed by atoms with Crippen LogP contribution in [0, 0.1) is 0 Å². The number of imidazole rings is 1. The van der Waals surface area contributed by atoms with E-state index in [1.165, 1.54) is 0 Å². The van der Waals surface area contributed by atoms with Gasteiger partial charge in [-0.25, -0.2) is 4.98 Å². The third-order valence-corrected chi connectivity index (χ3v) is 3.35. The van der Waals surface area contributed by atoms with Crippen LogP contribution in [0.1, 0.15) is 16.8 Å². The third-order valence-electron chi connectivity index (χ3n) is 3.35. The van der Waals surface area contributed by atoms with Gasteiger partial charge in [0.05, 0.1) is 17.6 Å². The maximum absolute atomic E-state index is 10.7. The summed E-state index contributed by atoms with van der Waals surface area (Å²) in [6.07, 6.45) is 1.42. The van der Waals surface area contributed by atoms with Gasteiger partial charge < -0.3 is 14.8 Å². The first-order chi connectivity index (χ1) is 10.8. The van der Waals surface area contributed by atoms with Crippen molar-refractivity contribution in [1.29, 1.82) is 0 Å². The molecule has 5 nitrogen and oxygen atoms in total. The Labute approximate surface area is 127 Å². The van der Waals surface area contributed by atoms with E-state index in [9.17, 15) is 4.79 Å². The van der Waals surface area contributed by atoms with Crippen LogP contribution in [0.25, 0.3) is 22.4 Å². The predicted molar refractivity (Wildman–Crippen MR) is 84.1 cm³/mol. The summed E-state index contributed by atoms with van der Waals surface area (Å²) in [6.45, 7) is 0.595. The minimum absolute atomic E-state index is 0.117. The van der Waals surface area contributed by atoms with Crippen LogP contribution in [0.15, 0.2) is 42.5 Å². The molecule has 0 bridgehead atoms. The number of rotatable bonds is 6. The van der Waals surface area contributed by atoms with Gasteiger partial charge in [-0.05, 0) is 12.1 Å². The first-order valence-corrected chi connectivity index (χ1v) is 7.09. The molecule has 0 saturated heterocycles. The largest absolute Gasteiger partial charge is 0.493 e. The maximum atomic E-state index is 10.7. The summed E-state index contributed by atoms with van der Waals surface area (Å²) in [5.74, 6) is 1.48. The third kappa shape index (κ3) is 2.99. The highest BCUT2D eigenvalue weighted by Gasteiger charge is 2.06. The van der Waals surface area contributed by atoms with Crippen molar-refractivity contribution in [3.05, 3.63) is 48.0 Å². The van der Waals surface area contributed by atoms with Crippen LogP contribution in [0.3, 0.4) is 0 Å². The Hall–Kier alpha value is -2.66. The van der Waals surface area contributed by atoms with Crippen molar-refractivity contribution < 1.29 is 14.6 Å². The summed E-state index contributed by atoms with van der Waals surface area (Å²) in [5, 5.41) is 8.76. The number of aliphatic hydroxyl groups excluding tert-OH is 1. The average Bonchev–Trinajstić information content (AvgIpc) is 2.98. The first-order valence-electron chi connectivity index (χ1n) is 7.09. The molecule has 0 amide bonds. The Morgan fingerprint density at radius 2 is 2.00 bits per heavy atom. The number of aromatic amines is 1. The number of carbonyl (C=O) groups is 1. The van der Waals surface area contributed by atoms with Crippen molar-refractivity contribution >= 4 is 17.3 Å². The van der Waals surface area contributed by atoms with Crippen molar-refractivity contribution in [2.75, 3.05) is 13.2 Å². The van der Waals surface area contributed by atoms with Crippen LogP contribution >= 0.6 is 0 Å². The first kappa shape index (κ1) is 14.3.